The van der Waals surface area contributed by atoms with Gasteiger partial charge < -0.3 is 16.0 Å². The Morgan fingerprint density at radius 2 is 2.11 bits per heavy atom. The van der Waals surface area contributed by atoms with Crippen molar-refractivity contribution in [3.05, 3.63) is 23.8 Å². The van der Waals surface area contributed by atoms with E-state index in [1.54, 1.807) is 23.1 Å². The van der Waals surface area contributed by atoms with Gasteiger partial charge in [0.2, 0.25) is 5.91 Å². The molecule has 3 N–H and O–H groups in total. The largest absolute Gasteiger partial charge is 0.398 e. The second-order valence-corrected chi connectivity index (χ2v) is 4.75. The SMILES string of the molecule is CCCCCN1CC(=O)Nc2cccc(N)c2C1=O. The van der Waals surface area contributed by atoms with E-state index in [4.69, 9.17) is 5.73 Å². The van der Waals surface area contributed by atoms with Crippen LogP contribution in [0.5, 0.6) is 0 Å². The Morgan fingerprint density at radius 1 is 1.32 bits per heavy atom. The van der Waals surface area contributed by atoms with Crippen LogP contribution in [-0.4, -0.2) is 29.8 Å². The van der Waals surface area contributed by atoms with Gasteiger partial charge in [0, 0.05) is 12.2 Å². The van der Waals surface area contributed by atoms with Crippen LogP contribution >= 0.6 is 0 Å². The zero-order valence-electron chi connectivity index (χ0n) is 11.1. The maximum atomic E-state index is 12.5. The van der Waals surface area contributed by atoms with Crippen LogP contribution in [0, 0.1) is 0 Å². The predicted octanol–water partition coefficient (Wildman–Crippen LogP) is 1.85. The summed E-state index contributed by atoms with van der Waals surface area (Å²) in [5.74, 6) is -0.336. The molecule has 0 aromatic heterocycles. The molecule has 0 saturated carbocycles. The molecule has 0 fully saturated rings. The summed E-state index contributed by atoms with van der Waals surface area (Å²) in [4.78, 5) is 25.8. The van der Waals surface area contributed by atoms with Crippen molar-refractivity contribution in [3.8, 4) is 0 Å². The Kier molecular flexibility index (Phi) is 4.04. The first kappa shape index (κ1) is 13.4. The van der Waals surface area contributed by atoms with E-state index in [0.717, 1.165) is 19.3 Å². The molecule has 0 saturated heterocycles. The fourth-order valence-corrected chi connectivity index (χ4v) is 2.24. The minimum absolute atomic E-state index is 0.0939. The highest BCUT2D eigenvalue weighted by atomic mass is 16.2. The molecule has 1 aliphatic heterocycles. The minimum atomic E-state index is -0.172. The quantitative estimate of drug-likeness (QED) is 0.641. The first-order valence-electron chi connectivity index (χ1n) is 6.61. The number of anilines is 2. The van der Waals surface area contributed by atoms with Crippen molar-refractivity contribution in [3.63, 3.8) is 0 Å². The maximum absolute atomic E-state index is 12.5. The molecule has 102 valence electrons. The number of amides is 2. The van der Waals surface area contributed by atoms with Gasteiger partial charge in [0.1, 0.15) is 6.54 Å². The molecule has 0 bridgehead atoms. The van der Waals surface area contributed by atoms with E-state index in [1.807, 2.05) is 0 Å². The number of carbonyl (C=O) groups is 2. The number of nitrogen functional groups attached to an aromatic ring is 1. The van der Waals surface area contributed by atoms with Crippen molar-refractivity contribution in [2.24, 2.45) is 0 Å². The molecule has 1 aliphatic rings. The van der Waals surface area contributed by atoms with Gasteiger partial charge in [-0.1, -0.05) is 25.8 Å². The molecule has 0 atom stereocenters. The summed E-state index contributed by atoms with van der Waals surface area (Å²) in [5, 5.41) is 2.73. The zero-order chi connectivity index (χ0) is 13.8. The number of hydrogen-bond donors (Lipinski definition) is 2. The van der Waals surface area contributed by atoms with Gasteiger partial charge in [0.25, 0.3) is 5.91 Å². The van der Waals surface area contributed by atoms with E-state index in [1.165, 1.54) is 0 Å². The van der Waals surface area contributed by atoms with Gasteiger partial charge in [-0.3, -0.25) is 9.59 Å². The lowest BCUT2D eigenvalue weighted by Gasteiger charge is -2.19. The lowest BCUT2D eigenvalue weighted by atomic mass is 10.1. The van der Waals surface area contributed by atoms with Crippen molar-refractivity contribution in [2.75, 3.05) is 24.1 Å². The van der Waals surface area contributed by atoms with E-state index in [-0.39, 0.29) is 18.4 Å². The Bertz CT molecular complexity index is 499. The van der Waals surface area contributed by atoms with Crippen molar-refractivity contribution in [2.45, 2.75) is 26.2 Å². The highest BCUT2D eigenvalue weighted by Gasteiger charge is 2.27. The first-order chi connectivity index (χ1) is 9.13. The molecule has 0 radical (unpaired) electrons. The standard InChI is InChI=1S/C14H19N3O2/c1-2-3-4-8-17-9-12(18)16-11-7-5-6-10(15)13(11)14(17)19/h5-7H,2-4,8-9,15H2,1H3,(H,16,18). The van der Waals surface area contributed by atoms with Crippen LogP contribution in [0.1, 0.15) is 36.5 Å². The van der Waals surface area contributed by atoms with Gasteiger partial charge in [-0.25, -0.2) is 0 Å². The summed E-state index contributed by atoms with van der Waals surface area (Å²) in [6.45, 7) is 2.79. The van der Waals surface area contributed by atoms with Crippen LogP contribution in [0.15, 0.2) is 18.2 Å². The normalized spacial score (nSPS) is 14.9. The van der Waals surface area contributed by atoms with Crippen LogP contribution in [0.2, 0.25) is 0 Å². The van der Waals surface area contributed by atoms with Gasteiger partial charge in [0.15, 0.2) is 0 Å². The van der Waals surface area contributed by atoms with Crippen LogP contribution in [0.25, 0.3) is 0 Å². The smallest absolute Gasteiger partial charge is 0.258 e. The van der Waals surface area contributed by atoms with Crippen LogP contribution in [-0.2, 0) is 4.79 Å². The van der Waals surface area contributed by atoms with Gasteiger partial charge in [-0.2, -0.15) is 0 Å². The molecule has 1 heterocycles. The predicted molar refractivity (Wildman–Crippen MR) is 74.9 cm³/mol. The van der Waals surface area contributed by atoms with E-state index < -0.39 is 0 Å². The third kappa shape index (κ3) is 2.86. The van der Waals surface area contributed by atoms with E-state index >= 15 is 0 Å². The van der Waals surface area contributed by atoms with Crippen molar-refractivity contribution in [1.29, 1.82) is 0 Å². The summed E-state index contributed by atoms with van der Waals surface area (Å²) in [7, 11) is 0. The fourth-order valence-electron chi connectivity index (χ4n) is 2.24. The van der Waals surface area contributed by atoms with Crippen molar-refractivity contribution in [1.82, 2.24) is 4.90 Å². The Balaban J connectivity index is 2.27. The van der Waals surface area contributed by atoms with E-state index in [9.17, 15) is 9.59 Å². The number of rotatable bonds is 4. The topological polar surface area (TPSA) is 75.4 Å². The van der Waals surface area contributed by atoms with Crippen molar-refractivity contribution >= 4 is 23.2 Å². The van der Waals surface area contributed by atoms with Gasteiger partial charge in [-0.15, -0.1) is 0 Å². The molecular formula is C14H19N3O2. The number of nitrogens with zero attached hydrogens (tertiary/aromatic N) is 1. The molecule has 0 aliphatic carbocycles. The second kappa shape index (κ2) is 5.73. The van der Waals surface area contributed by atoms with Crippen LogP contribution in [0.4, 0.5) is 11.4 Å². The lowest BCUT2D eigenvalue weighted by Crippen LogP contribution is -2.36. The average Bonchev–Trinajstić information content (AvgIpc) is 2.48. The third-order valence-corrected chi connectivity index (χ3v) is 3.24. The highest BCUT2D eigenvalue weighted by molar-refractivity contribution is 6.11. The molecular weight excluding hydrogens is 242 g/mol. The number of carbonyl (C=O) groups excluding carboxylic acids is 2. The van der Waals surface area contributed by atoms with Gasteiger partial charge in [-0.05, 0) is 18.6 Å². The van der Waals surface area contributed by atoms with Crippen LogP contribution < -0.4 is 11.1 Å². The van der Waals surface area contributed by atoms with Gasteiger partial charge in [0.05, 0.1) is 11.3 Å². The maximum Gasteiger partial charge on any atom is 0.258 e. The molecule has 5 heteroatoms. The molecule has 2 amide bonds. The number of nitrogens with two attached hydrogens (primary N) is 1. The summed E-state index contributed by atoms with van der Waals surface area (Å²) in [6.07, 6.45) is 3.02. The average molecular weight is 261 g/mol. The Hall–Kier alpha value is -2.04. The molecule has 0 spiro atoms. The summed E-state index contributed by atoms with van der Waals surface area (Å²) in [6, 6.07) is 5.12. The van der Waals surface area contributed by atoms with E-state index in [2.05, 4.69) is 12.2 Å². The minimum Gasteiger partial charge on any atom is -0.398 e. The molecule has 1 aromatic carbocycles. The number of hydrogen-bond acceptors (Lipinski definition) is 3. The third-order valence-electron chi connectivity index (χ3n) is 3.24. The molecule has 5 nitrogen and oxygen atoms in total. The summed E-state index contributed by atoms with van der Waals surface area (Å²) in [5.41, 5.74) is 7.19. The molecule has 19 heavy (non-hydrogen) atoms. The number of unbranched alkanes of at least 4 members (excludes halogenated alkanes) is 2. The van der Waals surface area contributed by atoms with Gasteiger partial charge >= 0.3 is 0 Å². The number of nitrogens with one attached hydrogen (secondary N) is 1. The lowest BCUT2D eigenvalue weighted by molar-refractivity contribution is -0.116. The second-order valence-electron chi connectivity index (χ2n) is 4.75. The molecule has 0 unspecified atom stereocenters. The van der Waals surface area contributed by atoms with Crippen molar-refractivity contribution < 1.29 is 9.59 Å². The molecule has 2 rings (SSSR count). The Morgan fingerprint density at radius 3 is 2.84 bits per heavy atom. The van der Waals surface area contributed by atoms with Crippen LogP contribution in [0.3, 0.4) is 0 Å². The number of benzene rings is 1. The Labute approximate surface area is 112 Å². The van der Waals surface area contributed by atoms with E-state index in [0.29, 0.717) is 23.5 Å². The monoisotopic (exact) mass is 261 g/mol. The molecule has 1 aromatic rings. The first-order valence-corrected chi connectivity index (χ1v) is 6.61. The summed E-state index contributed by atoms with van der Waals surface area (Å²) >= 11 is 0. The summed E-state index contributed by atoms with van der Waals surface area (Å²) < 4.78 is 0. The number of fused-ring (bicyclic) bond motifs is 1. The highest BCUT2D eigenvalue weighted by Crippen LogP contribution is 2.26. The fraction of sp³-hybridized carbons (Fsp3) is 0.429. The zero-order valence-corrected chi connectivity index (χ0v) is 11.1.